The van der Waals surface area contributed by atoms with Gasteiger partial charge in [0.1, 0.15) is 0 Å². The molecule has 0 heterocycles. The third kappa shape index (κ3) is 3.42. The van der Waals surface area contributed by atoms with Gasteiger partial charge in [-0.25, -0.2) is 0 Å². The quantitative estimate of drug-likeness (QED) is 0.859. The van der Waals surface area contributed by atoms with E-state index in [0.717, 1.165) is 18.4 Å². The summed E-state index contributed by atoms with van der Waals surface area (Å²) in [4.78, 5) is 23.9. The molecule has 0 saturated heterocycles. The molecule has 1 aliphatic rings. The van der Waals surface area contributed by atoms with E-state index in [0.29, 0.717) is 6.42 Å². The molecule has 0 bridgehead atoms. The lowest BCUT2D eigenvalue weighted by Gasteiger charge is -2.11. The zero-order valence-electron chi connectivity index (χ0n) is 12.3. The van der Waals surface area contributed by atoms with Crippen LogP contribution >= 0.6 is 0 Å². The second-order valence-electron chi connectivity index (χ2n) is 5.61. The van der Waals surface area contributed by atoms with E-state index in [1.165, 1.54) is 17.5 Å². The van der Waals surface area contributed by atoms with Crippen molar-refractivity contribution in [2.75, 3.05) is 0 Å². The Bertz CT molecular complexity index is 654. The molecule has 111 valence electrons. The summed E-state index contributed by atoms with van der Waals surface area (Å²) in [5.41, 5.74) is 3.54. The summed E-state index contributed by atoms with van der Waals surface area (Å²) < 4.78 is 0. The van der Waals surface area contributed by atoms with E-state index in [1.54, 1.807) is 0 Å². The highest BCUT2D eigenvalue weighted by atomic mass is 16.2. The topological polar surface area (TPSA) is 46.2 Å². The summed E-state index contributed by atoms with van der Waals surface area (Å²) in [6.07, 6.45) is 3.53. The first-order valence-electron chi connectivity index (χ1n) is 7.51. The Balaban J connectivity index is 1.49. The van der Waals surface area contributed by atoms with E-state index in [9.17, 15) is 9.59 Å². The number of hydrogen-bond donors (Lipinski definition) is 1. The monoisotopic (exact) mass is 292 g/mol. The maximum atomic E-state index is 12.0. The molecule has 1 radical (unpaired) electrons. The molecule has 0 fully saturated rings. The first-order chi connectivity index (χ1) is 10.7. The predicted octanol–water partition coefficient (Wildman–Crippen LogP) is 2.29. The molecule has 0 atom stereocenters. The summed E-state index contributed by atoms with van der Waals surface area (Å²) in [6.45, 7) is 0. The van der Waals surface area contributed by atoms with Crippen LogP contribution in [0.5, 0.6) is 0 Å². The maximum absolute atomic E-state index is 12.0. The van der Waals surface area contributed by atoms with Gasteiger partial charge < -0.3 is 5.32 Å². The van der Waals surface area contributed by atoms with E-state index >= 15 is 0 Å². The Morgan fingerprint density at radius 1 is 0.955 bits per heavy atom. The van der Waals surface area contributed by atoms with Crippen molar-refractivity contribution in [1.29, 1.82) is 0 Å². The minimum Gasteiger partial charge on any atom is -0.346 e. The van der Waals surface area contributed by atoms with Crippen LogP contribution in [0, 0.1) is 6.42 Å². The maximum Gasteiger partial charge on any atom is 0.287 e. The third-order valence-corrected chi connectivity index (χ3v) is 3.98. The Morgan fingerprint density at radius 2 is 1.55 bits per heavy atom. The van der Waals surface area contributed by atoms with Crippen molar-refractivity contribution < 1.29 is 9.59 Å². The zero-order chi connectivity index (χ0) is 15.4. The van der Waals surface area contributed by atoms with Crippen LogP contribution in [0.2, 0.25) is 0 Å². The van der Waals surface area contributed by atoms with Crippen molar-refractivity contribution in [3.05, 3.63) is 77.7 Å². The molecule has 0 unspecified atom stereocenters. The van der Waals surface area contributed by atoms with Gasteiger partial charge in [0.2, 0.25) is 5.78 Å². The van der Waals surface area contributed by atoms with Gasteiger partial charge in [0.25, 0.3) is 5.91 Å². The van der Waals surface area contributed by atoms with Gasteiger partial charge in [-0.15, -0.1) is 0 Å². The standard InChI is InChI=1S/C19H18NO2/c21-18(11-10-14-6-2-1-3-7-14)19(22)20-17-12-15-8-4-5-9-16(15)13-17/h1-9,11,17H,10,12-13H2,(H,20,22). The van der Waals surface area contributed by atoms with Crippen LogP contribution in [-0.4, -0.2) is 17.7 Å². The van der Waals surface area contributed by atoms with E-state index < -0.39 is 11.7 Å². The van der Waals surface area contributed by atoms with E-state index in [2.05, 4.69) is 17.4 Å². The molecular weight excluding hydrogens is 274 g/mol. The molecule has 2 aromatic rings. The molecule has 22 heavy (non-hydrogen) atoms. The van der Waals surface area contributed by atoms with Gasteiger partial charge in [-0.2, -0.15) is 0 Å². The summed E-state index contributed by atoms with van der Waals surface area (Å²) in [5.74, 6) is -0.964. The van der Waals surface area contributed by atoms with Crippen LogP contribution in [0.25, 0.3) is 0 Å². The fourth-order valence-corrected chi connectivity index (χ4v) is 2.83. The van der Waals surface area contributed by atoms with Gasteiger partial charge in [-0.1, -0.05) is 54.6 Å². The summed E-state index contributed by atoms with van der Waals surface area (Å²) in [6, 6.07) is 17.8. The lowest BCUT2D eigenvalue weighted by molar-refractivity contribution is -0.136. The molecule has 0 saturated carbocycles. The fraction of sp³-hybridized carbons (Fsp3) is 0.211. The highest BCUT2D eigenvalue weighted by molar-refractivity contribution is 6.39. The van der Waals surface area contributed by atoms with Crippen molar-refractivity contribution in [1.82, 2.24) is 5.32 Å². The number of benzene rings is 2. The summed E-state index contributed by atoms with van der Waals surface area (Å²) in [7, 11) is 0. The van der Waals surface area contributed by atoms with Crippen molar-refractivity contribution in [3.63, 3.8) is 0 Å². The van der Waals surface area contributed by atoms with Gasteiger partial charge in [-0.3, -0.25) is 9.59 Å². The fourth-order valence-electron chi connectivity index (χ4n) is 2.83. The van der Waals surface area contributed by atoms with E-state index in [-0.39, 0.29) is 6.04 Å². The zero-order valence-corrected chi connectivity index (χ0v) is 12.3. The lowest BCUT2D eigenvalue weighted by atomic mass is 10.1. The van der Waals surface area contributed by atoms with Crippen LogP contribution in [0.1, 0.15) is 16.7 Å². The molecule has 3 heteroatoms. The highest BCUT2D eigenvalue weighted by Crippen LogP contribution is 2.21. The van der Waals surface area contributed by atoms with Gasteiger partial charge in [0.15, 0.2) is 0 Å². The van der Waals surface area contributed by atoms with Gasteiger partial charge >= 0.3 is 0 Å². The average molecular weight is 292 g/mol. The van der Waals surface area contributed by atoms with Crippen molar-refractivity contribution in [2.45, 2.75) is 25.3 Å². The van der Waals surface area contributed by atoms with E-state index in [1.807, 2.05) is 42.5 Å². The average Bonchev–Trinajstić information content (AvgIpc) is 2.95. The van der Waals surface area contributed by atoms with Gasteiger partial charge in [-0.05, 0) is 36.0 Å². The Morgan fingerprint density at radius 3 is 2.18 bits per heavy atom. The molecule has 0 aliphatic heterocycles. The molecule has 0 aromatic heterocycles. The number of carbonyl (C=O) groups excluding carboxylic acids is 2. The van der Waals surface area contributed by atoms with Gasteiger partial charge in [0.05, 0.1) is 0 Å². The van der Waals surface area contributed by atoms with Crippen LogP contribution < -0.4 is 5.32 Å². The number of fused-ring (bicyclic) bond motifs is 1. The van der Waals surface area contributed by atoms with Crippen LogP contribution in [0.4, 0.5) is 0 Å². The predicted molar refractivity (Wildman–Crippen MR) is 85.2 cm³/mol. The Labute approximate surface area is 130 Å². The molecule has 3 nitrogen and oxygen atoms in total. The lowest BCUT2D eigenvalue weighted by Crippen LogP contribution is -2.40. The van der Waals surface area contributed by atoms with Crippen LogP contribution in [-0.2, 0) is 28.9 Å². The van der Waals surface area contributed by atoms with Crippen LogP contribution in [0.3, 0.4) is 0 Å². The van der Waals surface area contributed by atoms with Crippen molar-refractivity contribution in [2.24, 2.45) is 0 Å². The van der Waals surface area contributed by atoms with Gasteiger partial charge in [0, 0.05) is 12.5 Å². The minimum absolute atomic E-state index is 0.0268. The number of nitrogens with one attached hydrogen (secondary N) is 1. The molecule has 1 amide bonds. The molecule has 3 rings (SSSR count). The van der Waals surface area contributed by atoms with Crippen LogP contribution in [0.15, 0.2) is 54.6 Å². The molecule has 1 aliphatic carbocycles. The number of carbonyl (C=O) groups is 2. The Hall–Kier alpha value is -2.42. The van der Waals surface area contributed by atoms with Crippen molar-refractivity contribution >= 4 is 11.7 Å². The van der Waals surface area contributed by atoms with Crippen molar-refractivity contribution in [3.8, 4) is 0 Å². The molecule has 0 spiro atoms. The second-order valence-corrected chi connectivity index (χ2v) is 5.61. The number of hydrogen-bond acceptors (Lipinski definition) is 2. The SMILES string of the molecule is O=C([CH]Cc1ccccc1)C(=O)NC1Cc2ccccc2C1. The first-order valence-corrected chi connectivity index (χ1v) is 7.51. The largest absolute Gasteiger partial charge is 0.346 e. The number of rotatable bonds is 5. The summed E-state index contributed by atoms with van der Waals surface area (Å²) in [5, 5.41) is 2.84. The minimum atomic E-state index is -0.506. The number of amides is 1. The molecule has 2 aromatic carbocycles. The summed E-state index contributed by atoms with van der Waals surface area (Å²) >= 11 is 0. The third-order valence-electron chi connectivity index (χ3n) is 3.98. The first kappa shape index (κ1) is 14.5. The normalized spacial score (nSPS) is 13.6. The Kier molecular flexibility index (Phi) is 4.33. The highest BCUT2D eigenvalue weighted by Gasteiger charge is 2.24. The number of Topliss-reactive ketones (excluding diaryl/α,β-unsaturated/α-hetero) is 1. The second kappa shape index (κ2) is 6.56. The number of ketones is 1. The molecular formula is C19H18NO2. The smallest absolute Gasteiger partial charge is 0.287 e. The molecule has 1 N–H and O–H groups in total. The van der Waals surface area contributed by atoms with E-state index in [4.69, 9.17) is 0 Å².